The Kier molecular flexibility index (Phi) is 2.51. The molecule has 1 aliphatic rings. The van der Waals surface area contributed by atoms with Crippen molar-refractivity contribution in [1.29, 1.82) is 5.26 Å². The van der Waals surface area contributed by atoms with Crippen molar-refractivity contribution >= 4 is 0 Å². The fraction of sp³-hybridized carbons (Fsp3) is 0.889. The van der Waals surface area contributed by atoms with Crippen molar-refractivity contribution in [2.45, 2.75) is 38.6 Å². The molecule has 1 aliphatic carbocycles. The lowest BCUT2D eigenvalue weighted by Crippen LogP contribution is -2.45. The second-order valence-electron chi connectivity index (χ2n) is 3.24. The second kappa shape index (κ2) is 3.23. The maximum Gasteiger partial charge on any atom is 0.109 e. The highest BCUT2D eigenvalue weighted by atomic mass is 15.0. The molecule has 0 saturated heterocycles. The lowest BCUT2D eigenvalue weighted by atomic mass is 9.92. The molecule has 1 saturated carbocycles. The smallest absolute Gasteiger partial charge is 0.109 e. The van der Waals surface area contributed by atoms with Crippen molar-refractivity contribution < 1.29 is 0 Å². The van der Waals surface area contributed by atoms with E-state index >= 15 is 0 Å². The van der Waals surface area contributed by atoms with Gasteiger partial charge in [0.1, 0.15) is 5.54 Å². The summed E-state index contributed by atoms with van der Waals surface area (Å²) in [6.07, 6.45) is 3.39. The highest BCUT2D eigenvalue weighted by Crippen LogP contribution is 2.41. The van der Waals surface area contributed by atoms with Gasteiger partial charge in [-0.2, -0.15) is 5.26 Å². The number of nitrogens with one attached hydrogen (secondary N) is 1. The Morgan fingerprint density at radius 3 is 2.45 bits per heavy atom. The van der Waals surface area contributed by atoms with Gasteiger partial charge in [0, 0.05) is 0 Å². The molecule has 0 spiro atoms. The first-order valence-electron chi connectivity index (χ1n) is 4.45. The summed E-state index contributed by atoms with van der Waals surface area (Å²) in [4.78, 5) is 0. The van der Waals surface area contributed by atoms with Gasteiger partial charge in [0.05, 0.1) is 6.07 Å². The minimum Gasteiger partial charge on any atom is -0.299 e. The molecule has 2 heteroatoms. The van der Waals surface area contributed by atoms with E-state index in [1.165, 1.54) is 12.8 Å². The third-order valence-electron chi connectivity index (χ3n) is 2.52. The van der Waals surface area contributed by atoms with E-state index in [0.717, 1.165) is 13.0 Å². The van der Waals surface area contributed by atoms with Gasteiger partial charge in [-0.3, -0.25) is 5.32 Å². The Bertz CT molecular complexity index is 167. The summed E-state index contributed by atoms with van der Waals surface area (Å²) in [5.74, 6) is 0.623. The molecule has 1 atom stereocenters. The maximum absolute atomic E-state index is 9.01. The van der Waals surface area contributed by atoms with E-state index in [0.29, 0.717) is 5.92 Å². The van der Waals surface area contributed by atoms with E-state index in [9.17, 15) is 0 Å². The lowest BCUT2D eigenvalue weighted by molar-refractivity contribution is 0.362. The molecule has 11 heavy (non-hydrogen) atoms. The minimum absolute atomic E-state index is 0.200. The zero-order chi connectivity index (χ0) is 8.32. The molecule has 0 amide bonds. The Morgan fingerprint density at radius 2 is 2.18 bits per heavy atom. The van der Waals surface area contributed by atoms with Gasteiger partial charge in [-0.1, -0.05) is 13.8 Å². The molecular formula is C9H16N2. The first-order valence-corrected chi connectivity index (χ1v) is 4.45. The summed E-state index contributed by atoms with van der Waals surface area (Å²) in [5, 5.41) is 12.3. The number of nitrogens with zero attached hydrogens (tertiary/aromatic N) is 1. The van der Waals surface area contributed by atoms with Crippen LogP contribution in [-0.2, 0) is 0 Å². The average Bonchev–Trinajstić information content (AvgIpc) is 2.83. The third kappa shape index (κ3) is 1.54. The molecular weight excluding hydrogens is 136 g/mol. The van der Waals surface area contributed by atoms with Crippen LogP contribution in [0.15, 0.2) is 0 Å². The van der Waals surface area contributed by atoms with Crippen LogP contribution in [-0.4, -0.2) is 12.1 Å². The fourth-order valence-corrected chi connectivity index (χ4v) is 1.66. The van der Waals surface area contributed by atoms with Gasteiger partial charge in [0.25, 0.3) is 0 Å². The molecule has 0 radical (unpaired) electrons. The van der Waals surface area contributed by atoms with Crippen molar-refractivity contribution in [2.75, 3.05) is 6.54 Å². The Morgan fingerprint density at radius 1 is 1.55 bits per heavy atom. The molecule has 0 aliphatic heterocycles. The topological polar surface area (TPSA) is 35.8 Å². The summed E-state index contributed by atoms with van der Waals surface area (Å²) in [6.45, 7) is 5.05. The fourth-order valence-electron chi connectivity index (χ4n) is 1.66. The lowest BCUT2D eigenvalue weighted by Gasteiger charge is -2.25. The van der Waals surface area contributed by atoms with Crippen LogP contribution in [0.25, 0.3) is 0 Å². The Labute approximate surface area is 68.6 Å². The van der Waals surface area contributed by atoms with E-state index < -0.39 is 0 Å². The van der Waals surface area contributed by atoms with Crippen molar-refractivity contribution in [2.24, 2.45) is 5.92 Å². The highest BCUT2D eigenvalue weighted by Gasteiger charge is 2.43. The molecule has 0 bridgehead atoms. The second-order valence-corrected chi connectivity index (χ2v) is 3.24. The van der Waals surface area contributed by atoms with Crippen molar-refractivity contribution in [3.05, 3.63) is 0 Å². The summed E-state index contributed by atoms with van der Waals surface area (Å²) in [7, 11) is 0. The van der Waals surface area contributed by atoms with E-state index in [-0.39, 0.29) is 5.54 Å². The molecule has 0 aromatic heterocycles. The minimum atomic E-state index is -0.200. The highest BCUT2D eigenvalue weighted by molar-refractivity contribution is 5.14. The molecule has 62 valence electrons. The van der Waals surface area contributed by atoms with Crippen LogP contribution in [0.5, 0.6) is 0 Å². The standard InChI is InChI=1S/C9H16N2/c1-3-9(7-10,11-4-2)8-5-6-8/h8,11H,3-6H2,1-2H3. The number of hydrogen-bond acceptors (Lipinski definition) is 2. The summed E-state index contributed by atoms with van der Waals surface area (Å²) >= 11 is 0. The molecule has 0 aromatic carbocycles. The van der Waals surface area contributed by atoms with Gasteiger partial charge in [0.2, 0.25) is 0 Å². The van der Waals surface area contributed by atoms with Crippen LogP contribution in [0.3, 0.4) is 0 Å². The predicted octanol–water partition coefficient (Wildman–Crippen LogP) is 1.68. The van der Waals surface area contributed by atoms with Gasteiger partial charge >= 0.3 is 0 Å². The largest absolute Gasteiger partial charge is 0.299 e. The first-order chi connectivity index (χ1) is 5.29. The molecule has 1 rings (SSSR count). The number of rotatable bonds is 4. The zero-order valence-electron chi connectivity index (χ0n) is 7.35. The summed E-state index contributed by atoms with van der Waals surface area (Å²) in [6, 6.07) is 2.42. The van der Waals surface area contributed by atoms with Crippen LogP contribution >= 0.6 is 0 Å². The summed E-state index contributed by atoms with van der Waals surface area (Å²) in [5.41, 5.74) is -0.200. The van der Waals surface area contributed by atoms with Crippen molar-refractivity contribution in [3.63, 3.8) is 0 Å². The van der Waals surface area contributed by atoms with Crippen LogP contribution in [0, 0.1) is 17.2 Å². The van der Waals surface area contributed by atoms with Crippen molar-refractivity contribution in [3.8, 4) is 6.07 Å². The predicted molar refractivity (Wildman–Crippen MR) is 45.0 cm³/mol. The first kappa shape index (κ1) is 8.55. The quantitative estimate of drug-likeness (QED) is 0.665. The monoisotopic (exact) mass is 152 g/mol. The molecule has 0 aromatic rings. The third-order valence-corrected chi connectivity index (χ3v) is 2.52. The van der Waals surface area contributed by atoms with Gasteiger partial charge in [0.15, 0.2) is 0 Å². The van der Waals surface area contributed by atoms with E-state index in [4.69, 9.17) is 5.26 Å². The summed E-state index contributed by atoms with van der Waals surface area (Å²) < 4.78 is 0. The van der Waals surface area contributed by atoms with Crippen LogP contribution < -0.4 is 5.32 Å². The molecule has 0 heterocycles. The Balaban J connectivity index is 2.59. The van der Waals surface area contributed by atoms with Gasteiger partial charge in [-0.05, 0) is 31.7 Å². The van der Waals surface area contributed by atoms with Crippen LogP contribution in [0.1, 0.15) is 33.1 Å². The van der Waals surface area contributed by atoms with E-state index in [1.807, 2.05) is 0 Å². The number of hydrogen-bond donors (Lipinski definition) is 1. The SMILES string of the molecule is CCNC(C#N)(CC)C1CC1. The average molecular weight is 152 g/mol. The van der Waals surface area contributed by atoms with Crippen molar-refractivity contribution in [1.82, 2.24) is 5.32 Å². The zero-order valence-corrected chi connectivity index (χ0v) is 7.35. The maximum atomic E-state index is 9.01. The normalized spacial score (nSPS) is 22.3. The van der Waals surface area contributed by atoms with Gasteiger partial charge in [-0.25, -0.2) is 0 Å². The molecule has 2 nitrogen and oxygen atoms in total. The van der Waals surface area contributed by atoms with Crippen LogP contribution in [0.2, 0.25) is 0 Å². The Hall–Kier alpha value is -0.550. The molecule has 1 fully saturated rings. The molecule has 1 unspecified atom stereocenters. The van der Waals surface area contributed by atoms with Gasteiger partial charge < -0.3 is 0 Å². The van der Waals surface area contributed by atoms with Crippen LogP contribution in [0.4, 0.5) is 0 Å². The van der Waals surface area contributed by atoms with E-state index in [1.54, 1.807) is 0 Å². The van der Waals surface area contributed by atoms with Gasteiger partial charge in [-0.15, -0.1) is 0 Å². The molecule has 1 N–H and O–H groups in total. The van der Waals surface area contributed by atoms with E-state index in [2.05, 4.69) is 25.2 Å². The number of nitriles is 1.